The molecule has 0 fully saturated rings. The first kappa shape index (κ1) is 9.39. The minimum atomic E-state index is -0.298. The van der Waals surface area contributed by atoms with Crippen molar-refractivity contribution in [1.82, 2.24) is 15.3 Å². The Balaban J connectivity index is 2.77. The van der Waals surface area contributed by atoms with Gasteiger partial charge in [0.25, 0.3) is 5.91 Å². The van der Waals surface area contributed by atoms with Gasteiger partial charge in [0.2, 0.25) is 0 Å². The molecule has 76 valence electrons. The molecule has 0 spiro atoms. The summed E-state index contributed by atoms with van der Waals surface area (Å²) < 4.78 is 0. The van der Waals surface area contributed by atoms with Gasteiger partial charge in [0.1, 0.15) is 23.3 Å². The maximum absolute atomic E-state index is 11.5. The monoisotopic (exact) mass is 203 g/mol. The minimum Gasteiger partial charge on any atom is -0.506 e. The van der Waals surface area contributed by atoms with Gasteiger partial charge in [0, 0.05) is 12.4 Å². The molecule has 0 saturated heterocycles. The van der Waals surface area contributed by atoms with Gasteiger partial charge in [-0.2, -0.15) is 0 Å². The van der Waals surface area contributed by atoms with E-state index in [1.54, 1.807) is 12.1 Å². The summed E-state index contributed by atoms with van der Waals surface area (Å²) in [5, 5.41) is 12.5. The largest absolute Gasteiger partial charge is 0.506 e. The molecule has 0 aliphatic carbocycles. The number of carbonyl (C=O) groups is 1. The molecule has 0 saturated carbocycles. The lowest BCUT2D eigenvalue weighted by Crippen LogP contribution is -2.19. The van der Waals surface area contributed by atoms with Crippen molar-refractivity contribution in [2.24, 2.45) is 0 Å². The number of benzene rings is 1. The van der Waals surface area contributed by atoms with Crippen molar-refractivity contribution in [1.29, 1.82) is 0 Å². The molecule has 1 heterocycles. The molecule has 1 aromatic heterocycles. The van der Waals surface area contributed by atoms with Gasteiger partial charge in [-0.05, 0) is 6.07 Å². The SMILES string of the molecule is CNC(=O)c1ncnc2c(O)cccc12. The zero-order valence-corrected chi connectivity index (χ0v) is 8.06. The third-order valence-corrected chi connectivity index (χ3v) is 2.09. The maximum atomic E-state index is 11.5. The molecule has 15 heavy (non-hydrogen) atoms. The molecule has 2 N–H and O–H groups in total. The van der Waals surface area contributed by atoms with E-state index in [2.05, 4.69) is 15.3 Å². The number of rotatable bonds is 1. The molecule has 0 aliphatic rings. The van der Waals surface area contributed by atoms with E-state index >= 15 is 0 Å². The third kappa shape index (κ3) is 1.48. The molecular formula is C10H9N3O2. The van der Waals surface area contributed by atoms with Crippen LogP contribution in [-0.4, -0.2) is 28.0 Å². The molecule has 0 unspecified atom stereocenters. The fourth-order valence-electron chi connectivity index (χ4n) is 1.37. The highest BCUT2D eigenvalue weighted by molar-refractivity contribution is 6.05. The van der Waals surface area contributed by atoms with Crippen molar-refractivity contribution in [2.75, 3.05) is 7.05 Å². The van der Waals surface area contributed by atoms with Crippen LogP contribution in [-0.2, 0) is 0 Å². The van der Waals surface area contributed by atoms with Gasteiger partial charge in [0.15, 0.2) is 0 Å². The van der Waals surface area contributed by atoms with Crippen LogP contribution < -0.4 is 5.32 Å². The Labute approximate surface area is 85.8 Å². The normalized spacial score (nSPS) is 10.2. The summed E-state index contributed by atoms with van der Waals surface area (Å²) in [4.78, 5) is 19.3. The number of phenolic OH excluding ortho intramolecular Hbond substituents is 1. The Bertz CT molecular complexity index is 525. The average Bonchev–Trinajstić information content (AvgIpc) is 2.28. The number of amides is 1. The van der Waals surface area contributed by atoms with Crippen LogP contribution in [0.25, 0.3) is 10.9 Å². The Hall–Kier alpha value is -2.17. The zero-order chi connectivity index (χ0) is 10.8. The molecule has 0 bridgehead atoms. The summed E-state index contributed by atoms with van der Waals surface area (Å²) in [6.07, 6.45) is 1.26. The number of carbonyl (C=O) groups excluding carboxylic acids is 1. The van der Waals surface area contributed by atoms with E-state index in [9.17, 15) is 9.90 Å². The Morgan fingerprint density at radius 3 is 2.93 bits per heavy atom. The zero-order valence-electron chi connectivity index (χ0n) is 8.06. The van der Waals surface area contributed by atoms with Crippen molar-refractivity contribution >= 4 is 16.8 Å². The fraction of sp³-hybridized carbons (Fsp3) is 0.100. The molecule has 0 aliphatic heterocycles. The first-order valence-electron chi connectivity index (χ1n) is 4.39. The van der Waals surface area contributed by atoms with Gasteiger partial charge in [-0.25, -0.2) is 9.97 Å². The summed E-state index contributed by atoms with van der Waals surface area (Å²) in [5.74, 6) is -0.256. The smallest absolute Gasteiger partial charge is 0.270 e. The minimum absolute atomic E-state index is 0.0417. The predicted octanol–water partition coefficient (Wildman–Crippen LogP) is 0.695. The van der Waals surface area contributed by atoms with Crippen molar-refractivity contribution in [3.05, 3.63) is 30.2 Å². The molecule has 1 amide bonds. The van der Waals surface area contributed by atoms with Crippen LogP contribution in [0.4, 0.5) is 0 Å². The van der Waals surface area contributed by atoms with Gasteiger partial charge < -0.3 is 10.4 Å². The Morgan fingerprint density at radius 2 is 2.20 bits per heavy atom. The van der Waals surface area contributed by atoms with Crippen molar-refractivity contribution in [3.8, 4) is 5.75 Å². The standard InChI is InChI=1S/C10H9N3O2/c1-11-10(15)9-6-3-2-4-7(14)8(6)12-5-13-9/h2-5,14H,1H3,(H,11,15). The highest BCUT2D eigenvalue weighted by atomic mass is 16.3. The lowest BCUT2D eigenvalue weighted by molar-refractivity contribution is 0.0960. The Kier molecular flexibility index (Phi) is 2.21. The molecule has 1 aromatic carbocycles. The van der Waals surface area contributed by atoms with Crippen molar-refractivity contribution in [2.45, 2.75) is 0 Å². The number of aromatic hydroxyl groups is 1. The van der Waals surface area contributed by atoms with Crippen LogP contribution in [0.3, 0.4) is 0 Å². The Morgan fingerprint density at radius 1 is 1.40 bits per heavy atom. The van der Waals surface area contributed by atoms with Gasteiger partial charge in [-0.3, -0.25) is 4.79 Å². The summed E-state index contributed by atoms with van der Waals surface area (Å²) in [6, 6.07) is 4.86. The van der Waals surface area contributed by atoms with Crippen LogP contribution in [0.5, 0.6) is 5.75 Å². The first-order chi connectivity index (χ1) is 7.24. The summed E-state index contributed by atoms with van der Waals surface area (Å²) in [5.41, 5.74) is 0.643. The van der Waals surface area contributed by atoms with Crippen LogP contribution in [0.2, 0.25) is 0 Å². The summed E-state index contributed by atoms with van der Waals surface area (Å²) in [7, 11) is 1.53. The quantitative estimate of drug-likeness (QED) is 0.715. The average molecular weight is 203 g/mol. The highest BCUT2D eigenvalue weighted by Gasteiger charge is 2.11. The topological polar surface area (TPSA) is 75.1 Å². The second-order valence-corrected chi connectivity index (χ2v) is 2.97. The van der Waals surface area contributed by atoms with E-state index in [1.165, 1.54) is 19.4 Å². The predicted molar refractivity (Wildman–Crippen MR) is 54.6 cm³/mol. The lowest BCUT2D eigenvalue weighted by atomic mass is 10.1. The van der Waals surface area contributed by atoms with E-state index in [0.717, 1.165) is 0 Å². The van der Waals surface area contributed by atoms with Crippen molar-refractivity contribution in [3.63, 3.8) is 0 Å². The van der Waals surface area contributed by atoms with E-state index < -0.39 is 0 Å². The highest BCUT2D eigenvalue weighted by Crippen LogP contribution is 2.23. The molecule has 5 nitrogen and oxygen atoms in total. The number of aromatic nitrogens is 2. The number of hydrogen-bond acceptors (Lipinski definition) is 4. The van der Waals surface area contributed by atoms with Gasteiger partial charge in [0.05, 0.1) is 0 Å². The lowest BCUT2D eigenvalue weighted by Gasteiger charge is -2.03. The second-order valence-electron chi connectivity index (χ2n) is 2.97. The maximum Gasteiger partial charge on any atom is 0.270 e. The molecule has 2 aromatic rings. The summed E-state index contributed by atoms with van der Waals surface area (Å²) >= 11 is 0. The molecule has 0 atom stereocenters. The number of nitrogens with zero attached hydrogens (tertiary/aromatic N) is 2. The van der Waals surface area contributed by atoms with Crippen LogP contribution in [0, 0.1) is 0 Å². The van der Waals surface area contributed by atoms with Crippen LogP contribution in [0.15, 0.2) is 24.5 Å². The molecular weight excluding hydrogens is 194 g/mol. The van der Waals surface area contributed by atoms with E-state index in [-0.39, 0.29) is 17.4 Å². The van der Waals surface area contributed by atoms with E-state index in [0.29, 0.717) is 10.9 Å². The van der Waals surface area contributed by atoms with Crippen molar-refractivity contribution < 1.29 is 9.90 Å². The van der Waals surface area contributed by atoms with Gasteiger partial charge >= 0.3 is 0 Å². The fourth-order valence-corrected chi connectivity index (χ4v) is 1.37. The second kappa shape index (κ2) is 3.53. The number of para-hydroxylation sites is 1. The van der Waals surface area contributed by atoms with E-state index in [1.807, 2.05) is 0 Å². The number of phenols is 1. The number of nitrogens with one attached hydrogen (secondary N) is 1. The molecule has 2 rings (SSSR count). The first-order valence-corrected chi connectivity index (χ1v) is 4.39. The van der Waals surface area contributed by atoms with Gasteiger partial charge in [-0.15, -0.1) is 0 Å². The molecule has 0 radical (unpaired) electrons. The number of fused-ring (bicyclic) bond motifs is 1. The number of hydrogen-bond donors (Lipinski definition) is 2. The van der Waals surface area contributed by atoms with Crippen LogP contribution >= 0.6 is 0 Å². The summed E-state index contributed by atoms with van der Waals surface area (Å²) in [6.45, 7) is 0. The third-order valence-electron chi connectivity index (χ3n) is 2.09. The molecule has 5 heteroatoms. The van der Waals surface area contributed by atoms with E-state index in [4.69, 9.17) is 0 Å². The van der Waals surface area contributed by atoms with Gasteiger partial charge in [-0.1, -0.05) is 12.1 Å². The van der Waals surface area contributed by atoms with Crippen LogP contribution in [0.1, 0.15) is 10.5 Å².